The Morgan fingerprint density at radius 1 is 1.28 bits per heavy atom. The number of hydrogen-bond acceptors (Lipinski definition) is 5. The van der Waals surface area contributed by atoms with E-state index >= 15 is 0 Å². The number of benzene rings is 1. The zero-order valence-corrected chi connectivity index (χ0v) is 9.82. The van der Waals surface area contributed by atoms with E-state index in [-0.39, 0.29) is 25.6 Å². The zero-order chi connectivity index (χ0) is 13.1. The number of carbonyl (C=O) groups excluding carboxylic acids is 1. The summed E-state index contributed by atoms with van der Waals surface area (Å²) in [5, 5.41) is 18.7. The van der Waals surface area contributed by atoms with Crippen molar-refractivity contribution in [3.05, 3.63) is 24.3 Å². The second kappa shape index (κ2) is 5.24. The molecule has 1 heterocycles. The predicted octanol–water partition coefficient (Wildman–Crippen LogP) is -0.788. The molecule has 0 bridgehead atoms. The number of nitrogens with zero attached hydrogens (tertiary/aromatic N) is 1. The lowest BCUT2D eigenvalue weighted by Gasteiger charge is -2.15. The summed E-state index contributed by atoms with van der Waals surface area (Å²) in [5.41, 5.74) is 6.15. The summed E-state index contributed by atoms with van der Waals surface area (Å²) in [5.74, 6) is 0.292. The van der Waals surface area contributed by atoms with E-state index in [2.05, 4.69) is 0 Å². The van der Waals surface area contributed by atoms with Crippen molar-refractivity contribution in [1.29, 1.82) is 0 Å². The highest BCUT2D eigenvalue weighted by molar-refractivity contribution is 5.78. The quantitative estimate of drug-likeness (QED) is 0.613. The molecule has 0 saturated carbocycles. The molecule has 2 unspecified atom stereocenters. The second-order valence-electron chi connectivity index (χ2n) is 4.29. The van der Waals surface area contributed by atoms with Gasteiger partial charge in [-0.05, 0) is 24.3 Å². The van der Waals surface area contributed by atoms with Crippen molar-refractivity contribution in [2.45, 2.75) is 12.2 Å². The van der Waals surface area contributed by atoms with Gasteiger partial charge in [0.05, 0.1) is 12.2 Å². The summed E-state index contributed by atoms with van der Waals surface area (Å²) in [6, 6.07) is 6.72. The topological polar surface area (TPSA) is 96.0 Å². The molecule has 6 nitrogen and oxygen atoms in total. The number of ether oxygens (including phenoxy) is 1. The molecule has 1 aromatic rings. The number of aliphatic hydroxyl groups is 2. The summed E-state index contributed by atoms with van der Waals surface area (Å²) in [4.78, 5) is 13.1. The summed E-state index contributed by atoms with van der Waals surface area (Å²) >= 11 is 0. The molecule has 1 aliphatic heterocycles. The Morgan fingerprint density at radius 3 is 2.39 bits per heavy atom. The van der Waals surface area contributed by atoms with E-state index in [1.807, 2.05) is 0 Å². The molecule has 0 aliphatic carbocycles. The maximum atomic E-state index is 11.7. The number of nitrogens with two attached hydrogens (primary N) is 1. The average Bonchev–Trinajstić information content (AvgIpc) is 2.69. The molecular weight excluding hydrogens is 236 g/mol. The van der Waals surface area contributed by atoms with E-state index < -0.39 is 12.2 Å². The highest BCUT2D eigenvalue weighted by Gasteiger charge is 2.32. The number of amides is 1. The molecule has 1 aromatic carbocycles. The molecular formula is C12H16N2O4. The first-order valence-electron chi connectivity index (χ1n) is 5.68. The highest BCUT2D eigenvalue weighted by atomic mass is 16.5. The fraction of sp³-hybridized carbons (Fsp3) is 0.417. The SMILES string of the molecule is Nc1ccc(OCC(=O)N2CC(O)C(O)C2)cc1. The Labute approximate surface area is 105 Å². The largest absolute Gasteiger partial charge is 0.484 e. The van der Waals surface area contributed by atoms with E-state index in [0.717, 1.165) is 0 Å². The lowest BCUT2D eigenvalue weighted by molar-refractivity contribution is -0.132. The standard InChI is InChI=1S/C12H16N2O4/c13-8-1-3-9(4-2-8)18-7-12(17)14-5-10(15)11(16)6-14/h1-4,10-11,15-16H,5-7,13H2. The third kappa shape index (κ3) is 2.91. The molecule has 1 amide bonds. The second-order valence-corrected chi connectivity index (χ2v) is 4.29. The van der Waals surface area contributed by atoms with E-state index in [0.29, 0.717) is 11.4 Å². The molecule has 0 spiro atoms. The van der Waals surface area contributed by atoms with E-state index in [4.69, 9.17) is 10.5 Å². The fourth-order valence-electron chi connectivity index (χ4n) is 1.77. The molecule has 2 rings (SSSR count). The van der Waals surface area contributed by atoms with Crippen LogP contribution in [0.25, 0.3) is 0 Å². The van der Waals surface area contributed by atoms with Crippen molar-refractivity contribution in [3.8, 4) is 5.75 Å². The molecule has 6 heteroatoms. The maximum absolute atomic E-state index is 11.7. The smallest absolute Gasteiger partial charge is 0.260 e. The number of aliphatic hydroxyl groups excluding tert-OH is 2. The first-order chi connectivity index (χ1) is 8.56. The van der Waals surface area contributed by atoms with Crippen LogP contribution in [0.2, 0.25) is 0 Å². The first kappa shape index (κ1) is 12.7. The van der Waals surface area contributed by atoms with Crippen LogP contribution in [0, 0.1) is 0 Å². The Bertz CT molecular complexity index is 411. The van der Waals surface area contributed by atoms with Crippen molar-refractivity contribution in [2.75, 3.05) is 25.4 Å². The Hall–Kier alpha value is -1.79. The van der Waals surface area contributed by atoms with Gasteiger partial charge in [-0.1, -0.05) is 0 Å². The van der Waals surface area contributed by atoms with Gasteiger partial charge in [0.2, 0.25) is 0 Å². The molecule has 4 N–H and O–H groups in total. The van der Waals surface area contributed by atoms with Crippen molar-refractivity contribution < 1.29 is 19.7 Å². The van der Waals surface area contributed by atoms with Gasteiger partial charge in [-0.25, -0.2) is 0 Å². The van der Waals surface area contributed by atoms with Crippen LogP contribution in [0.3, 0.4) is 0 Å². The van der Waals surface area contributed by atoms with Gasteiger partial charge in [-0.2, -0.15) is 0 Å². The maximum Gasteiger partial charge on any atom is 0.260 e. The molecule has 1 aliphatic rings. The van der Waals surface area contributed by atoms with Crippen molar-refractivity contribution in [2.24, 2.45) is 0 Å². The van der Waals surface area contributed by atoms with E-state index in [1.165, 1.54) is 4.90 Å². The molecule has 0 aromatic heterocycles. The number of rotatable bonds is 3. The minimum Gasteiger partial charge on any atom is -0.484 e. The molecule has 1 fully saturated rings. The van der Waals surface area contributed by atoms with Crippen molar-refractivity contribution in [3.63, 3.8) is 0 Å². The normalized spacial score (nSPS) is 23.1. The van der Waals surface area contributed by atoms with Crippen LogP contribution < -0.4 is 10.5 Å². The van der Waals surface area contributed by atoms with Gasteiger partial charge in [0.1, 0.15) is 5.75 Å². The fourth-order valence-corrected chi connectivity index (χ4v) is 1.77. The van der Waals surface area contributed by atoms with Crippen LogP contribution >= 0.6 is 0 Å². The number of nitrogen functional groups attached to an aromatic ring is 1. The van der Waals surface area contributed by atoms with Gasteiger partial charge >= 0.3 is 0 Å². The number of carbonyl (C=O) groups is 1. The van der Waals surface area contributed by atoms with Gasteiger partial charge in [0.15, 0.2) is 6.61 Å². The van der Waals surface area contributed by atoms with Gasteiger partial charge in [0.25, 0.3) is 5.91 Å². The van der Waals surface area contributed by atoms with Crippen molar-refractivity contribution >= 4 is 11.6 Å². The molecule has 98 valence electrons. The van der Waals surface area contributed by atoms with Crippen LogP contribution in [-0.2, 0) is 4.79 Å². The summed E-state index contributed by atoms with van der Waals surface area (Å²) in [6.07, 6.45) is -1.74. The zero-order valence-electron chi connectivity index (χ0n) is 9.82. The molecule has 1 saturated heterocycles. The van der Waals surface area contributed by atoms with Crippen molar-refractivity contribution in [1.82, 2.24) is 4.90 Å². The molecule has 18 heavy (non-hydrogen) atoms. The third-order valence-electron chi connectivity index (χ3n) is 2.85. The average molecular weight is 252 g/mol. The summed E-state index contributed by atoms with van der Waals surface area (Å²) in [6.45, 7) is 0.166. The van der Waals surface area contributed by atoms with Gasteiger partial charge in [-0.15, -0.1) is 0 Å². The molecule has 2 atom stereocenters. The van der Waals surface area contributed by atoms with E-state index in [1.54, 1.807) is 24.3 Å². The summed E-state index contributed by atoms with van der Waals surface area (Å²) in [7, 11) is 0. The Morgan fingerprint density at radius 2 is 1.83 bits per heavy atom. The van der Waals surface area contributed by atoms with Crippen LogP contribution in [0.5, 0.6) is 5.75 Å². The number of hydrogen-bond donors (Lipinski definition) is 3. The number of anilines is 1. The minimum absolute atomic E-state index is 0.122. The van der Waals surface area contributed by atoms with Crippen LogP contribution in [0.4, 0.5) is 5.69 Å². The number of likely N-dealkylation sites (tertiary alicyclic amines) is 1. The van der Waals surface area contributed by atoms with E-state index in [9.17, 15) is 15.0 Å². The first-order valence-corrected chi connectivity index (χ1v) is 5.68. The van der Waals surface area contributed by atoms with Gasteiger partial charge in [0, 0.05) is 18.8 Å². The van der Waals surface area contributed by atoms with Crippen LogP contribution in [-0.4, -0.2) is 52.9 Å². The Balaban J connectivity index is 1.83. The lowest BCUT2D eigenvalue weighted by atomic mass is 10.3. The Kier molecular flexibility index (Phi) is 3.69. The number of β-amino-alcohol motifs (C(OH)–C–C–N with tert-alkyl or cyclic N) is 2. The van der Waals surface area contributed by atoms with Crippen LogP contribution in [0.1, 0.15) is 0 Å². The third-order valence-corrected chi connectivity index (χ3v) is 2.85. The van der Waals surface area contributed by atoms with Gasteiger partial charge in [-0.3, -0.25) is 4.79 Å². The van der Waals surface area contributed by atoms with Gasteiger partial charge < -0.3 is 25.6 Å². The predicted molar refractivity (Wildman–Crippen MR) is 64.9 cm³/mol. The lowest BCUT2D eigenvalue weighted by Crippen LogP contribution is -2.33. The highest BCUT2D eigenvalue weighted by Crippen LogP contribution is 2.14. The molecule has 0 radical (unpaired) electrons. The minimum atomic E-state index is -0.870. The monoisotopic (exact) mass is 252 g/mol. The van der Waals surface area contributed by atoms with Crippen LogP contribution in [0.15, 0.2) is 24.3 Å². The summed E-state index contributed by atoms with van der Waals surface area (Å²) < 4.78 is 5.30.